The van der Waals surface area contributed by atoms with Gasteiger partial charge in [0, 0.05) is 24.2 Å². The number of carbonyl (C=O) groups excluding carboxylic acids is 1. The van der Waals surface area contributed by atoms with Gasteiger partial charge >= 0.3 is 5.97 Å². The molecule has 0 aromatic heterocycles. The second kappa shape index (κ2) is 8.59. The molecule has 140 valence electrons. The van der Waals surface area contributed by atoms with E-state index in [9.17, 15) is 13.2 Å². The minimum Gasteiger partial charge on any atom is -0.421 e. The fourth-order valence-electron chi connectivity index (χ4n) is 2.24. The summed E-state index contributed by atoms with van der Waals surface area (Å²) in [6.45, 7) is 3.99. The second-order valence-electron chi connectivity index (χ2n) is 5.20. The lowest BCUT2D eigenvalue weighted by Gasteiger charge is -2.19. The van der Waals surface area contributed by atoms with E-state index in [2.05, 4.69) is 0 Å². The molecule has 0 fully saturated rings. The average Bonchev–Trinajstić information content (AvgIpc) is 2.59. The van der Waals surface area contributed by atoms with Crippen LogP contribution in [0.5, 0.6) is 5.75 Å². The number of nitrogens with zero attached hydrogens (tertiary/aromatic N) is 1. The highest BCUT2D eigenvalue weighted by Gasteiger charge is 2.26. The van der Waals surface area contributed by atoms with Gasteiger partial charge in [0.25, 0.3) is 0 Å². The lowest BCUT2D eigenvalue weighted by molar-refractivity contribution is 0.0734. The summed E-state index contributed by atoms with van der Waals surface area (Å²) in [5, 5.41) is 0.569. The third kappa shape index (κ3) is 4.50. The SMILES string of the molecule is CCN(CC)S(=O)(=O)c1cc(C(=O)Oc2cc(Cl)ccc2Cl)ccc1Cl. The van der Waals surface area contributed by atoms with E-state index in [1.54, 1.807) is 19.9 Å². The molecule has 0 aliphatic heterocycles. The van der Waals surface area contributed by atoms with Gasteiger partial charge in [0.15, 0.2) is 5.75 Å². The first kappa shape index (κ1) is 21.0. The molecule has 0 unspecified atom stereocenters. The van der Waals surface area contributed by atoms with Crippen LogP contribution < -0.4 is 4.74 Å². The van der Waals surface area contributed by atoms with Crippen LogP contribution in [0.4, 0.5) is 0 Å². The Hall–Kier alpha value is -1.31. The third-order valence-electron chi connectivity index (χ3n) is 3.59. The van der Waals surface area contributed by atoms with Gasteiger partial charge in [-0.15, -0.1) is 0 Å². The maximum Gasteiger partial charge on any atom is 0.343 e. The van der Waals surface area contributed by atoms with Crippen molar-refractivity contribution in [1.29, 1.82) is 0 Å². The Morgan fingerprint density at radius 3 is 2.23 bits per heavy atom. The van der Waals surface area contributed by atoms with Crippen molar-refractivity contribution >= 4 is 50.8 Å². The van der Waals surface area contributed by atoms with E-state index in [1.807, 2.05) is 0 Å². The predicted molar refractivity (Wildman–Crippen MR) is 103 cm³/mol. The van der Waals surface area contributed by atoms with Crippen LogP contribution in [0.25, 0.3) is 0 Å². The first-order valence-corrected chi connectivity index (χ1v) is 10.2. The number of sulfonamides is 1. The van der Waals surface area contributed by atoms with Gasteiger partial charge in [-0.3, -0.25) is 0 Å². The zero-order valence-electron chi connectivity index (χ0n) is 14.0. The zero-order valence-corrected chi connectivity index (χ0v) is 17.1. The summed E-state index contributed by atoms with van der Waals surface area (Å²) >= 11 is 17.9. The van der Waals surface area contributed by atoms with Gasteiger partial charge in [0.05, 0.1) is 15.6 Å². The van der Waals surface area contributed by atoms with Gasteiger partial charge in [-0.1, -0.05) is 48.7 Å². The van der Waals surface area contributed by atoms with Crippen LogP contribution in [-0.4, -0.2) is 31.8 Å². The van der Waals surface area contributed by atoms with Crippen LogP contribution in [0.2, 0.25) is 15.1 Å². The van der Waals surface area contributed by atoms with Crippen LogP contribution in [0.1, 0.15) is 24.2 Å². The quantitative estimate of drug-likeness (QED) is 0.477. The minimum absolute atomic E-state index is 0.0224. The van der Waals surface area contributed by atoms with E-state index >= 15 is 0 Å². The van der Waals surface area contributed by atoms with E-state index in [4.69, 9.17) is 39.5 Å². The number of benzene rings is 2. The molecule has 0 radical (unpaired) electrons. The summed E-state index contributed by atoms with van der Waals surface area (Å²) < 4.78 is 31.9. The number of ether oxygens (including phenoxy) is 1. The summed E-state index contributed by atoms with van der Waals surface area (Å²) in [5.74, 6) is -0.700. The van der Waals surface area contributed by atoms with Gasteiger partial charge in [-0.25, -0.2) is 13.2 Å². The van der Waals surface area contributed by atoms with E-state index in [0.29, 0.717) is 5.02 Å². The summed E-state index contributed by atoms with van der Waals surface area (Å²) in [6.07, 6.45) is 0. The highest BCUT2D eigenvalue weighted by atomic mass is 35.5. The standard InChI is InChI=1S/C17H16Cl3NO4S/c1-3-21(4-2)26(23,24)16-9-11(5-7-14(16)20)17(22)25-15-10-12(18)6-8-13(15)19/h5-10H,3-4H2,1-2H3. The molecule has 0 amide bonds. The molecule has 0 N–H and O–H groups in total. The monoisotopic (exact) mass is 435 g/mol. The minimum atomic E-state index is -3.83. The first-order valence-electron chi connectivity index (χ1n) is 7.67. The summed E-state index contributed by atoms with van der Waals surface area (Å²) in [4.78, 5) is 12.2. The lowest BCUT2D eigenvalue weighted by atomic mass is 10.2. The molecule has 0 atom stereocenters. The van der Waals surface area contributed by atoms with Crippen molar-refractivity contribution in [2.24, 2.45) is 0 Å². The fraction of sp³-hybridized carbons (Fsp3) is 0.235. The van der Waals surface area contributed by atoms with Crippen LogP contribution in [0.3, 0.4) is 0 Å². The molecule has 0 spiro atoms. The summed E-state index contributed by atoms with van der Waals surface area (Å²) in [5.41, 5.74) is 0.0242. The molecule has 0 bridgehead atoms. The molecule has 9 heteroatoms. The maximum atomic E-state index is 12.7. The largest absolute Gasteiger partial charge is 0.421 e. The Bertz CT molecular complexity index is 928. The van der Waals surface area contributed by atoms with E-state index in [0.717, 1.165) is 0 Å². The number of carbonyl (C=O) groups is 1. The van der Waals surface area contributed by atoms with Crippen molar-refractivity contribution in [3.05, 3.63) is 57.0 Å². The van der Waals surface area contributed by atoms with Crippen LogP contribution in [0, 0.1) is 0 Å². The van der Waals surface area contributed by atoms with Crippen molar-refractivity contribution in [3.8, 4) is 5.75 Å². The topological polar surface area (TPSA) is 63.7 Å². The number of hydrogen-bond acceptors (Lipinski definition) is 4. The predicted octanol–water partition coefficient (Wildman–Crippen LogP) is 4.90. The third-order valence-corrected chi connectivity index (χ3v) is 6.66. The Labute approximate surface area is 167 Å². The molecule has 2 aromatic rings. The Kier molecular flexibility index (Phi) is 6.93. The number of halogens is 3. The van der Waals surface area contributed by atoms with Crippen molar-refractivity contribution in [2.45, 2.75) is 18.7 Å². The zero-order chi connectivity index (χ0) is 19.5. The summed E-state index contributed by atoms with van der Waals surface area (Å²) in [7, 11) is -3.83. The van der Waals surface area contributed by atoms with Crippen LogP contribution in [-0.2, 0) is 10.0 Å². The molecule has 2 rings (SSSR count). The highest BCUT2D eigenvalue weighted by Crippen LogP contribution is 2.30. The number of rotatable bonds is 6. The van der Waals surface area contributed by atoms with Crippen molar-refractivity contribution in [3.63, 3.8) is 0 Å². The van der Waals surface area contributed by atoms with Crippen LogP contribution in [0.15, 0.2) is 41.3 Å². The number of esters is 1. The summed E-state index contributed by atoms with van der Waals surface area (Å²) in [6, 6.07) is 8.35. The fourth-order valence-corrected chi connectivity index (χ4v) is 4.52. The second-order valence-corrected chi connectivity index (χ2v) is 8.36. The average molecular weight is 437 g/mol. The lowest BCUT2D eigenvalue weighted by Crippen LogP contribution is -2.31. The van der Waals surface area contributed by atoms with Gasteiger partial charge in [0.2, 0.25) is 10.0 Å². The molecule has 26 heavy (non-hydrogen) atoms. The van der Waals surface area contributed by atoms with Gasteiger partial charge in [-0.05, 0) is 30.3 Å². The smallest absolute Gasteiger partial charge is 0.343 e. The Balaban J connectivity index is 2.40. The molecule has 0 aliphatic carbocycles. The van der Waals surface area contributed by atoms with Crippen molar-refractivity contribution in [1.82, 2.24) is 4.31 Å². The molecule has 2 aromatic carbocycles. The van der Waals surface area contributed by atoms with Crippen molar-refractivity contribution in [2.75, 3.05) is 13.1 Å². The molecular weight excluding hydrogens is 421 g/mol. The first-order chi connectivity index (χ1) is 12.2. The van der Waals surface area contributed by atoms with Crippen LogP contribution >= 0.6 is 34.8 Å². The molecule has 5 nitrogen and oxygen atoms in total. The highest BCUT2D eigenvalue weighted by molar-refractivity contribution is 7.89. The number of hydrogen-bond donors (Lipinski definition) is 0. The molecule has 0 heterocycles. The van der Waals surface area contributed by atoms with E-state index in [-0.39, 0.29) is 39.3 Å². The molecule has 0 aliphatic rings. The Morgan fingerprint density at radius 2 is 1.62 bits per heavy atom. The van der Waals surface area contributed by atoms with Gasteiger partial charge < -0.3 is 4.74 Å². The molecular formula is C17H16Cl3NO4S. The van der Waals surface area contributed by atoms with Gasteiger partial charge in [0.1, 0.15) is 4.90 Å². The van der Waals surface area contributed by atoms with Crippen molar-refractivity contribution < 1.29 is 17.9 Å². The van der Waals surface area contributed by atoms with E-state index < -0.39 is 16.0 Å². The maximum absolute atomic E-state index is 12.7. The Morgan fingerprint density at radius 1 is 1.00 bits per heavy atom. The van der Waals surface area contributed by atoms with E-state index in [1.165, 1.54) is 34.6 Å². The van der Waals surface area contributed by atoms with Gasteiger partial charge in [-0.2, -0.15) is 4.31 Å². The normalized spacial score (nSPS) is 11.6. The molecule has 0 saturated heterocycles. The molecule has 0 saturated carbocycles.